The van der Waals surface area contributed by atoms with Crippen LogP contribution in [0.25, 0.3) is 0 Å². The number of benzene rings is 1. The molecule has 0 saturated carbocycles. The average Bonchev–Trinajstić information content (AvgIpc) is 2.71. The van der Waals surface area contributed by atoms with Gasteiger partial charge in [-0.1, -0.05) is 23.2 Å². The van der Waals surface area contributed by atoms with Gasteiger partial charge in [0.15, 0.2) is 0 Å². The lowest BCUT2D eigenvalue weighted by atomic mass is 10.1. The van der Waals surface area contributed by atoms with E-state index in [2.05, 4.69) is 36.5 Å². The Morgan fingerprint density at radius 3 is 2.47 bits per heavy atom. The van der Waals surface area contributed by atoms with Crippen molar-refractivity contribution in [3.8, 4) is 5.75 Å². The molecule has 1 aromatic heterocycles. The number of pyridine rings is 1. The number of aromatic nitrogens is 1. The lowest BCUT2D eigenvalue weighted by Gasteiger charge is -2.13. The summed E-state index contributed by atoms with van der Waals surface area (Å²) in [6, 6.07) is 6.24. The molecule has 2 aromatic rings. The smallest absolute Gasteiger partial charge is 0.253 e. The molecule has 7 nitrogen and oxygen atoms in total. The van der Waals surface area contributed by atoms with E-state index in [1.54, 1.807) is 20.2 Å². The standard InChI is InChI=1S/C14H15BrClN3O3.C6H6ClN/c1-7(4-11(15)17-2)13(21)19-12-9(14(22)18-3)5-8(16)6-10(12)20;1-5-6(7)3-2-4-8-5/h4-6,20H,1-3H3,(H,18,22)(H,19,21);2-4H,1H3/b7-4+,17-11?;. The number of amides is 2. The number of hydrogen-bond acceptors (Lipinski definition) is 5. The molecule has 2 amide bonds. The zero-order valence-electron chi connectivity index (χ0n) is 16.8. The van der Waals surface area contributed by atoms with Gasteiger partial charge in [0, 0.05) is 37.0 Å². The Kier molecular flexibility index (Phi) is 10.5. The number of nitrogens with zero attached hydrogens (tertiary/aromatic N) is 2. The Bertz CT molecular complexity index is 973. The first-order chi connectivity index (χ1) is 14.1. The Balaban J connectivity index is 0.000000467. The predicted molar refractivity (Wildman–Crippen MR) is 125 cm³/mol. The summed E-state index contributed by atoms with van der Waals surface area (Å²) in [7, 11) is 3.01. The van der Waals surface area contributed by atoms with E-state index in [4.69, 9.17) is 23.2 Å². The number of phenols is 1. The van der Waals surface area contributed by atoms with Crippen LogP contribution in [0.5, 0.6) is 5.75 Å². The van der Waals surface area contributed by atoms with E-state index in [-0.39, 0.29) is 22.0 Å². The number of nitrogens with one attached hydrogen (secondary N) is 2. The van der Waals surface area contributed by atoms with Crippen LogP contribution in [0.15, 0.2) is 47.1 Å². The van der Waals surface area contributed by atoms with Crippen molar-refractivity contribution in [1.82, 2.24) is 10.3 Å². The highest BCUT2D eigenvalue weighted by Crippen LogP contribution is 2.31. The van der Waals surface area contributed by atoms with E-state index in [9.17, 15) is 14.7 Å². The molecule has 10 heteroatoms. The third kappa shape index (κ3) is 7.78. The molecule has 0 aliphatic heterocycles. The molecule has 0 unspecified atom stereocenters. The van der Waals surface area contributed by atoms with E-state index >= 15 is 0 Å². The fraction of sp³-hybridized carbons (Fsp3) is 0.200. The predicted octanol–water partition coefficient (Wildman–Crippen LogP) is 4.76. The molecule has 0 aliphatic rings. The van der Waals surface area contributed by atoms with E-state index in [0.29, 0.717) is 10.2 Å². The molecule has 0 radical (unpaired) electrons. The second-order valence-corrected chi connectivity index (χ2v) is 7.48. The minimum atomic E-state index is -0.483. The second-order valence-electron chi connectivity index (χ2n) is 5.83. The van der Waals surface area contributed by atoms with Gasteiger partial charge in [0.25, 0.3) is 11.8 Å². The van der Waals surface area contributed by atoms with Crippen molar-refractivity contribution in [3.05, 3.63) is 63.4 Å². The van der Waals surface area contributed by atoms with Gasteiger partial charge in [0.2, 0.25) is 0 Å². The van der Waals surface area contributed by atoms with E-state index in [1.165, 1.54) is 25.3 Å². The number of phenolic OH excluding ortho intramolecular Hbond substituents is 1. The minimum absolute atomic E-state index is 0.00828. The van der Waals surface area contributed by atoms with Gasteiger partial charge in [-0.2, -0.15) is 0 Å². The van der Waals surface area contributed by atoms with Crippen molar-refractivity contribution >= 4 is 61.3 Å². The van der Waals surface area contributed by atoms with Crippen LogP contribution in [-0.2, 0) is 4.79 Å². The lowest BCUT2D eigenvalue weighted by Crippen LogP contribution is -2.22. The molecular formula is C20H21BrCl2N4O3. The number of aromatic hydroxyl groups is 1. The molecule has 0 atom stereocenters. The Morgan fingerprint density at radius 2 is 1.97 bits per heavy atom. The van der Waals surface area contributed by atoms with Crippen molar-refractivity contribution in [2.75, 3.05) is 19.4 Å². The van der Waals surface area contributed by atoms with Gasteiger partial charge in [-0.15, -0.1) is 0 Å². The molecule has 0 fully saturated rings. The third-order valence-electron chi connectivity index (χ3n) is 3.64. The maximum Gasteiger partial charge on any atom is 0.253 e. The SMILES string of the molecule is CN=C(Br)/C=C(\C)C(=O)Nc1c(O)cc(Cl)cc1C(=O)NC.Cc1ncccc1Cl. The van der Waals surface area contributed by atoms with Gasteiger partial charge >= 0.3 is 0 Å². The zero-order valence-corrected chi connectivity index (χ0v) is 19.9. The van der Waals surface area contributed by atoms with Gasteiger partial charge in [-0.25, -0.2) is 0 Å². The normalized spacial score (nSPS) is 11.3. The molecule has 1 aromatic carbocycles. The largest absolute Gasteiger partial charge is 0.506 e. The molecule has 0 aliphatic carbocycles. The molecule has 2 rings (SSSR count). The number of carbonyl (C=O) groups is 2. The monoisotopic (exact) mass is 514 g/mol. The molecule has 1 heterocycles. The lowest BCUT2D eigenvalue weighted by molar-refractivity contribution is -0.112. The molecule has 0 saturated heterocycles. The topological polar surface area (TPSA) is 104 Å². The summed E-state index contributed by atoms with van der Waals surface area (Å²) in [4.78, 5) is 31.8. The molecule has 0 bridgehead atoms. The van der Waals surface area contributed by atoms with Crippen molar-refractivity contribution in [2.45, 2.75) is 13.8 Å². The average molecular weight is 516 g/mol. The quantitative estimate of drug-likeness (QED) is 0.310. The molecular weight excluding hydrogens is 495 g/mol. The number of carbonyl (C=O) groups excluding carboxylic acids is 2. The molecule has 30 heavy (non-hydrogen) atoms. The molecule has 3 N–H and O–H groups in total. The maximum atomic E-state index is 12.1. The number of anilines is 1. The van der Waals surface area contributed by atoms with Crippen LogP contribution in [0.1, 0.15) is 23.0 Å². The number of halogens is 3. The fourth-order valence-electron chi connectivity index (χ4n) is 2.02. The highest BCUT2D eigenvalue weighted by atomic mass is 79.9. The summed E-state index contributed by atoms with van der Waals surface area (Å²) in [5.74, 6) is -1.26. The Labute approximate surface area is 193 Å². The summed E-state index contributed by atoms with van der Waals surface area (Å²) in [6.45, 7) is 3.45. The number of aliphatic imine (C=N–C) groups is 1. The van der Waals surface area contributed by atoms with Gasteiger partial charge in [-0.05, 0) is 54.1 Å². The van der Waals surface area contributed by atoms with Crippen LogP contribution in [0.4, 0.5) is 5.69 Å². The van der Waals surface area contributed by atoms with Gasteiger partial charge in [0.1, 0.15) is 10.4 Å². The number of rotatable bonds is 4. The fourth-order valence-corrected chi connectivity index (χ4v) is 2.70. The van der Waals surface area contributed by atoms with Crippen molar-refractivity contribution in [1.29, 1.82) is 0 Å². The number of hydrogen-bond donors (Lipinski definition) is 3. The van der Waals surface area contributed by atoms with Crippen molar-refractivity contribution in [3.63, 3.8) is 0 Å². The molecule has 160 valence electrons. The maximum absolute atomic E-state index is 12.1. The van der Waals surface area contributed by atoms with E-state index in [1.807, 2.05) is 19.1 Å². The van der Waals surface area contributed by atoms with Gasteiger partial charge in [-0.3, -0.25) is 19.6 Å². The van der Waals surface area contributed by atoms with E-state index in [0.717, 1.165) is 10.7 Å². The van der Waals surface area contributed by atoms with Crippen LogP contribution in [0.3, 0.4) is 0 Å². The summed E-state index contributed by atoms with van der Waals surface area (Å²) < 4.78 is 0.493. The van der Waals surface area contributed by atoms with Crippen molar-refractivity contribution in [2.24, 2.45) is 4.99 Å². The van der Waals surface area contributed by atoms with Gasteiger partial charge < -0.3 is 15.7 Å². The first kappa shape index (κ1) is 25.6. The first-order valence-electron chi connectivity index (χ1n) is 8.54. The number of allylic oxidation sites excluding steroid dienone is 1. The van der Waals surface area contributed by atoms with Gasteiger partial charge in [0.05, 0.1) is 22.0 Å². The third-order valence-corrected chi connectivity index (χ3v) is 4.84. The van der Waals surface area contributed by atoms with Crippen LogP contribution in [0.2, 0.25) is 10.0 Å². The first-order valence-corrected chi connectivity index (χ1v) is 10.1. The Hall–Kier alpha value is -2.42. The highest BCUT2D eigenvalue weighted by Gasteiger charge is 2.18. The Morgan fingerprint density at radius 1 is 1.30 bits per heavy atom. The van der Waals surface area contributed by atoms with Crippen LogP contribution < -0.4 is 10.6 Å². The molecule has 0 spiro atoms. The van der Waals surface area contributed by atoms with Crippen molar-refractivity contribution < 1.29 is 14.7 Å². The van der Waals surface area contributed by atoms with E-state index < -0.39 is 11.8 Å². The summed E-state index contributed by atoms with van der Waals surface area (Å²) in [5.41, 5.74) is 1.28. The number of aryl methyl sites for hydroxylation is 1. The van der Waals surface area contributed by atoms with Crippen LogP contribution in [0, 0.1) is 6.92 Å². The zero-order chi connectivity index (χ0) is 22.8. The summed E-state index contributed by atoms with van der Waals surface area (Å²) >= 11 is 14.6. The van der Waals surface area contributed by atoms with Crippen LogP contribution in [-0.4, -0.2) is 40.6 Å². The highest BCUT2D eigenvalue weighted by molar-refractivity contribution is 9.18. The van der Waals surface area contributed by atoms with Crippen LogP contribution >= 0.6 is 39.1 Å². The summed E-state index contributed by atoms with van der Waals surface area (Å²) in [6.07, 6.45) is 3.24. The minimum Gasteiger partial charge on any atom is -0.506 e. The summed E-state index contributed by atoms with van der Waals surface area (Å²) in [5, 5.41) is 15.8. The second kappa shape index (κ2) is 12.3.